The zero-order valence-corrected chi connectivity index (χ0v) is 12.4. The van der Waals surface area contributed by atoms with Crippen molar-refractivity contribution in [1.82, 2.24) is 10.2 Å². The van der Waals surface area contributed by atoms with E-state index < -0.39 is 0 Å². The molecule has 0 aliphatic carbocycles. The second-order valence-corrected chi connectivity index (χ2v) is 5.55. The minimum absolute atomic E-state index is 0.0834. The average molecular weight is 296 g/mol. The highest BCUT2D eigenvalue weighted by Crippen LogP contribution is 2.12. The summed E-state index contributed by atoms with van der Waals surface area (Å²) >= 11 is 0. The molecule has 2 aromatic rings. The van der Waals surface area contributed by atoms with Gasteiger partial charge in [-0.2, -0.15) is 0 Å². The Morgan fingerprint density at radius 3 is 1.95 bits per heavy atom. The Morgan fingerprint density at radius 2 is 1.50 bits per heavy atom. The molecule has 1 aliphatic rings. The first-order valence-electron chi connectivity index (χ1n) is 7.54. The third-order valence-electron chi connectivity index (χ3n) is 3.71. The molecular weight excluding hydrogens is 276 g/mol. The third-order valence-corrected chi connectivity index (χ3v) is 3.71. The molecule has 0 saturated carbocycles. The number of hydrogen-bond acceptors (Lipinski definition) is 3. The van der Waals surface area contributed by atoms with Crippen LogP contribution in [0.5, 0.6) is 0 Å². The molecule has 1 aliphatic heterocycles. The fourth-order valence-electron chi connectivity index (χ4n) is 2.69. The van der Waals surface area contributed by atoms with Gasteiger partial charge in [0.15, 0.2) is 0 Å². The van der Waals surface area contributed by atoms with Gasteiger partial charge in [0.1, 0.15) is 6.10 Å². The van der Waals surface area contributed by atoms with Crippen LogP contribution in [0.2, 0.25) is 0 Å². The van der Waals surface area contributed by atoms with Gasteiger partial charge in [-0.3, -0.25) is 4.90 Å². The van der Waals surface area contributed by atoms with Crippen LogP contribution in [0.25, 0.3) is 0 Å². The summed E-state index contributed by atoms with van der Waals surface area (Å²) in [4.78, 5) is 13.5. The monoisotopic (exact) mass is 296 g/mol. The minimum atomic E-state index is -0.315. The molecule has 22 heavy (non-hydrogen) atoms. The largest absolute Gasteiger partial charge is 0.443 e. The summed E-state index contributed by atoms with van der Waals surface area (Å²) in [6.45, 7) is 2.98. The number of ether oxygens (including phenoxy) is 1. The van der Waals surface area contributed by atoms with Gasteiger partial charge in [0.2, 0.25) is 0 Å². The first kappa shape index (κ1) is 14.6. The van der Waals surface area contributed by atoms with Gasteiger partial charge >= 0.3 is 6.09 Å². The molecule has 1 heterocycles. The lowest BCUT2D eigenvalue weighted by Gasteiger charge is -2.24. The number of hydrogen-bond donors (Lipinski definition) is 1. The van der Waals surface area contributed by atoms with E-state index in [1.54, 1.807) is 0 Å². The summed E-state index contributed by atoms with van der Waals surface area (Å²) in [7, 11) is 0. The number of benzene rings is 2. The van der Waals surface area contributed by atoms with Crippen LogP contribution in [-0.4, -0.2) is 30.2 Å². The highest BCUT2D eigenvalue weighted by Gasteiger charge is 2.24. The molecule has 0 aromatic heterocycles. The van der Waals surface area contributed by atoms with Crippen LogP contribution in [0.3, 0.4) is 0 Å². The Labute approximate surface area is 130 Å². The lowest BCUT2D eigenvalue weighted by molar-refractivity contribution is 0.103. The second kappa shape index (κ2) is 7.09. The molecule has 1 amide bonds. The fraction of sp³-hybridized carbons (Fsp3) is 0.278. The third kappa shape index (κ3) is 4.09. The van der Waals surface area contributed by atoms with Crippen LogP contribution in [0.1, 0.15) is 11.1 Å². The van der Waals surface area contributed by atoms with Crippen LogP contribution in [0, 0.1) is 0 Å². The van der Waals surface area contributed by atoms with Gasteiger partial charge in [-0.15, -0.1) is 0 Å². The number of alkyl carbamates (subject to hydrolysis) is 1. The van der Waals surface area contributed by atoms with Crippen molar-refractivity contribution in [3.8, 4) is 0 Å². The molecule has 1 atom stereocenters. The van der Waals surface area contributed by atoms with E-state index in [2.05, 4.69) is 34.5 Å². The highest BCUT2D eigenvalue weighted by atomic mass is 16.6. The van der Waals surface area contributed by atoms with Crippen molar-refractivity contribution in [2.75, 3.05) is 13.1 Å². The van der Waals surface area contributed by atoms with Crippen LogP contribution >= 0.6 is 0 Å². The van der Waals surface area contributed by atoms with E-state index in [0.29, 0.717) is 6.54 Å². The standard InChI is InChI=1S/C18H20N2O2/c21-18-19-11-17(22-18)14-20(12-15-7-3-1-4-8-15)13-16-9-5-2-6-10-16/h1-10,17H,11-14H2,(H,19,21)/t17-/m0/s1. The number of amides is 1. The van der Waals surface area contributed by atoms with Crippen molar-refractivity contribution in [2.24, 2.45) is 0 Å². The average Bonchev–Trinajstić information content (AvgIpc) is 2.94. The Kier molecular flexibility index (Phi) is 4.71. The molecule has 3 rings (SSSR count). The molecule has 1 fully saturated rings. The van der Waals surface area contributed by atoms with Gasteiger partial charge in [-0.05, 0) is 11.1 Å². The Hall–Kier alpha value is -2.33. The molecule has 1 N–H and O–H groups in total. The molecule has 0 unspecified atom stereocenters. The van der Waals surface area contributed by atoms with Crippen molar-refractivity contribution < 1.29 is 9.53 Å². The van der Waals surface area contributed by atoms with Crippen LogP contribution < -0.4 is 5.32 Å². The molecule has 4 heteroatoms. The van der Waals surface area contributed by atoms with Crippen molar-refractivity contribution in [3.63, 3.8) is 0 Å². The highest BCUT2D eigenvalue weighted by molar-refractivity contribution is 5.69. The SMILES string of the molecule is O=C1NC[C@@H](CN(Cc2ccccc2)Cc2ccccc2)O1. The van der Waals surface area contributed by atoms with Crippen LogP contribution in [0.15, 0.2) is 60.7 Å². The van der Waals surface area contributed by atoms with Crippen molar-refractivity contribution in [3.05, 3.63) is 71.8 Å². The lowest BCUT2D eigenvalue weighted by atomic mass is 10.1. The molecule has 2 aromatic carbocycles. The number of cyclic esters (lactones) is 1. The van der Waals surface area contributed by atoms with Crippen molar-refractivity contribution in [1.29, 1.82) is 0 Å². The van der Waals surface area contributed by atoms with Gasteiger partial charge in [-0.1, -0.05) is 60.7 Å². The number of nitrogens with one attached hydrogen (secondary N) is 1. The second-order valence-electron chi connectivity index (χ2n) is 5.55. The summed E-state index contributed by atoms with van der Waals surface area (Å²) in [6, 6.07) is 20.7. The summed E-state index contributed by atoms with van der Waals surface area (Å²) in [5.41, 5.74) is 2.52. The first-order valence-corrected chi connectivity index (χ1v) is 7.54. The van der Waals surface area contributed by atoms with Crippen LogP contribution in [0.4, 0.5) is 4.79 Å². The lowest BCUT2D eigenvalue weighted by Crippen LogP contribution is -2.33. The maximum Gasteiger partial charge on any atom is 0.407 e. The minimum Gasteiger partial charge on any atom is -0.443 e. The summed E-state index contributed by atoms with van der Waals surface area (Å²) in [5.74, 6) is 0. The predicted molar refractivity (Wildman–Crippen MR) is 85.3 cm³/mol. The molecule has 0 bridgehead atoms. The zero-order valence-electron chi connectivity index (χ0n) is 12.4. The molecular formula is C18H20N2O2. The number of carbonyl (C=O) groups is 1. The summed E-state index contributed by atoms with van der Waals surface area (Å²) in [6.07, 6.45) is -0.399. The van der Waals surface area contributed by atoms with E-state index >= 15 is 0 Å². The van der Waals surface area contributed by atoms with Crippen molar-refractivity contribution >= 4 is 6.09 Å². The summed E-state index contributed by atoms with van der Waals surface area (Å²) < 4.78 is 5.28. The fourth-order valence-corrected chi connectivity index (χ4v) is 2.69. The van der Waals surface area contributed by atoms with E-state index in [0.717, 1.165) is 19.6 Å². The van der Waals surface area contributed by atoms with Crippen LogP contribution in [-0.2, 0) is 17.8 Å². The van der Waals surface area contributed by atoms with Gasteiger partial charge in [-0.25, -0.2) is 4.79 Å². The van der Waals surface area contributed by atoms with E-state index in [-0.39, 0.29) is 12.2 Å². The summed E-state index contributed by atoms with van der Waals surface area (Å²) in [5, 5.41) is 2.71. The Balaban J connectivity index is 1.68. The number of rotatable bonds is 6. The van der Waals surface area contributed by atoms with E-state index in [9.17, 15) is 4.79 Å². The Morgan fingerprint density at radius 1 is 0.955 bits per heavy atom. The van der Waals surface area contributed by atoms with Gasteiger partial charge in [0.05, 0.1) is 6.54 Å². The number of nitrogens with zero attached hydrogens (tertiary/aromatic N) is 1. The van der Waals surface area contributed by atoms with Gasteiger partial charge in [0, 0.05) is 19.6 Å². The maximum atomic E-state index is 11.2. The zero-order chi connectivity index (χ0) is 15.2. The topological polar surface area (TPSA) is 41.6 Å². The van der Waals surface area contributed by atoms with Gasteiger partial charge < -0.3 is 10.1 Å². The van der Waals surface area contributed by atoms with Gasteiger partial charge in [0.25, 0.3) is 0 Å². The van der Waals surface area contributed by atoms with E-state index in [4.69, 9.17) is 4.74 Å². The number of carbonyl (C=O) groups excluding carboxylic acids is 1. The maximum absolute atomic E-state index is 11.2. The molecule has 114 valence electrons. The predicted octanol–water partition coefficient (Wildman–Crippen LogP) is 2.80. The molecule has 0 radical (unpaired) electrons. The first-order chi connectivity index (χ1) is 10.8. The van der Waals surface area contributed by atoms with E-state index in [1.807, 2.05) is 36.4 Å². The Bertz CT molecular complexity index is 559. The van der Waals surface area contributed by atoms with E-state index in [1.165, 1.54) is 11.1 Å². The smallest absolute Gasteiger partial charge is 0.407 e. The quantitative estimate of drug-likeness (QED) is 0.891. The normalized spacial score (nSPS) is 17.3. The molecule has 4 nitrogen and oxygen atoms in total. The van der Waals surface area contributed by atoms with Crippen molar-refractivity contribution in [2.45, 2.75) is 19.2 Å². The molecule has 0 spiro atoms. The molecule has 1 saturated heterocycles.